The lowest BCUT2D eigenvalue weighted by atomic mass is 10.2. The molecule has 20 heavy (non-hydrogen) atoms. The Kier molecular flexibility index (Phi) is 6.12. The molecule has 0 atom stereocenters. The van der Waals surface area contributed by atoms with Gasteiger partial charge in [0.1, 0.15) is 5.75 Å². The standard InChI is InChI=1S/C13H21NO5Si/c1-20(2,3)7-6-18-10-19-13-8-12(14(16)17)5-4-11(13)9-15/h4-5,8,15H,6-7,9-10H2,1-3H3. The number of nitro benzene ring substituents is 1. The number of non-ortho nitro benzene ring substituents is 1. The third-order valence-electron chi connectivity index (χ3n) is 2.73. The van der Waals surface area contributed by atoms with Crippen molar-refractivity contribution >= 4 is 13.8 Å². The maximum atomic E-state index is 10.7. The molecule has 0 aliphatic carbocycles. The van der Waals surface area contributed by atoms with Gasteiger partial charge in [-0.3, -0.25) is 10.1 Å². The fourth-order valence-corrected chi connectivity index (χ4v) is 2.22. The van der Waals surface area contributed by atoms with E-state index in [0.717, 1.165) is 6.04 Å². The molecule has 0 saturated heterocycles. The summed E-state index contributed by atoms with van der Waals surface area (Å²) < 4.78 is 10.7. The van der Waals surface area contributed by atoms with E-state index in [2.05, 4.69) is 19.6 Å². The molecule has 1 aromatic carbocycles. The highest BCUT2D eigenvalue weighted by Gasteiger charge is 2.13. The van der Waals surface area contributed by atoms with Gasteiger partial charge < -0.3 is 14.6 Å². The minimum absolute atomic E-state index is 0.0264. The summed E-state index contributed by atoms with van der Waals surface area (Å²) in [6.07, 6.45) is 0. The summed E-state index contributed by atoms with van der Waals surface area (Å²) in [6, 6.07) is 5.14. The zero-order valence-corrected chi connectivity index (χ0v) is 13.1. The average molecular weight is 299 g/mol. The van der Waals surface area contributed by atoms with Crippen LogP contribution in [0.4, 0.5) is 5.69 Å². The fourth-order valence-electron chi connectivity index (χ4n) is 1.46. The van der Waals surface area contributed by atoms with Gasteiger partial charge in [-0.1, -0.05) is 19.6 Å². The molecule has 0 radical (unpaired) electrons. The van der Waals surface area contributed by atoms with Crippen molar-refractivity contribution in [2.45, 2.75) is 32.3 Å². The van der Waals surface area contributed by atoms with E-state index in [0.29, 0.717) is 12.2 Å². The van der Waals surface area contributed by atoms with Gasteiger partial charge in [-0.2, -0.15) is 0 Å². The first-order valence-electron chi connectivity index (χ1n) is 6.42. The summed E-state index contributed by atoms with van der Waals surface area (Å²) in [5.41, 5.74) is 0.434. The Balaban J connectivity index is 2.53. The van der Waals surface area contributed by atoms with Crippen LogP contribution in [-0.2, 0) is 11.3 Å². The Morgan fingerprint density at radius 1 is 1.35 bits per heavy atom. The molecule has 0 aromatic heterocycles. The van der Waals surface area contributed by atoms with E-state index >= 15 is 0 Å². The Hall–Kier alpha value is -1.44. The highest BCUT2D eigenvalue weighted by molar-refractivity contribution is 6.76. The number of nitrogens with zero attached hydrogens (tertiary/aromatic N) is 1. The molecule has 0 spiro atoms. The van der Waals surface area contributed by atoms with Crippen molar-refractivity contribution in [1.82, 2.24) is 0 Å². The Morgan fingerprint density at radius 2 is 2.05 bits per heavy atom. The van der Waals surface area contributed by atoms with Crippen LogP contribution in [-0.4, -0.2) is 31.5 Å². The van der Waals surface area contributed by atoms with Crippen molar-refractivity contribution in [2.24, 2.45) is 0 Å². The summed E-state index contributed by atoms with van der Waals surface area (Å²) in [4.78, 5) is 10.2. The van der Waals surface area contributed by atoms with Gasteiger partial charge in [0.25, 0.3) is 5.69 Å². The van der Waals surface area contributed by atoms with Crippen molar-refractivity contribution in [3.8, 4) is 5.75 Å². The number of hydrogen-bond donors (Lipinski definition) is 1. The molecule has 112 valence electrons. The summed E-state index contributed by atoms with van der Waals surface area (Å²) in [5.74, 6) is 0.287. The second-order valence-electron chi connectivity index (χ2n) is 5.69. The minimum Gasteiger partial charge on any atom is -0.467 e. The number of aliphatic hydroxyl groups is 1. The van der Waals surface area contributed by atoms with Crippen molar-refractivity contribution in [2.75, 3.05) is 13.4 Å². The molecule has 7 heteroatoms. The zero-order chi connectivity index (χ0) is 15.2. The summed E-state index contributed by atoms with van der Waals surface area (Å²) in [7, 11) is -1.14. The van der Waals surface area contributed by atoms with E-state index in [1.165, 1.54) is 18.2 Å². The number of benzene rings is 1. The van der Waals surface area contributed by atoms with Gasteiger partial charge in [0.2, 0.25) is 0 Å². The number of hydrogen-bond acceptors (Lipinski definition) is 5. The second-order valence-corrected chi connectivity index (χ2v) is 11.3. The topological polar surface area (TPSA) is 81.8 Å². The quantitative estimate of drug-likeness (QED) is 0.262. The van der Waals surface area contributed by atoms with Crippen molar-refractivity contribution in [3.05, 3.63) is 33.9 Å². The Labute approximate surface area is 119 Å². The maximum absolute atomic E-state index is 10.7. The van der Waals surface area contributed by atoms with E-state index < -0.39 is 13.0 Å². The van der Waals surface area contributed by atoms with E-state index in [1.54, 1.807) is 0 Å². The highest BCUT2D eigenvalue weighted by atomic mass is 28.3. The molecule has 0 fully saturated rings. The number of nitro groups is 1. The van der Waals surface area contributed by atoms with Gasteiger partial charge in [0, 0.05) is 26.3 Å². The van der Waals surface area contributed by atoms with Crippen LogP contribution in [0.2, 0.25) is 25.7 Å². The first-order chi connectivity index (χ1) is 9.33. The summed E-state index contributed by atoms with van der Waals surface area (Å²) >= 11 is 0. The van der Waals surface area contributed by atoms with Gasteiger partial charge in [-0.25, -0.2) is 0 Å². The van der Waals surface area contributed by atoms with Crippen molar-refractivity contribution < 1.29 is 19.5 Å². The number of rotatable bonds is 8. The van der Waals surface area contributed by atoms with Crippen molar-refractivity contribution in [1.29, 1.82) is 0 Å². The molecule has 0 bridgehead atoms. The lowest BCUT2D eigenvalue weighted by Gasteiger charge is -2.16. The van der Waals surface area contributed by atoms with Crippen LogP contribution < -0.4 is 4.74 Å². The predicted octanol–water partition coefficient (Wildman–Crippen LogP) is 2.78. The Morgan fingerprint density at radius 3 is 2.60 bits per heavy atom. The third-order valence-corrected chi connectivity index (χ3v) is 4.43. The van der Waals surface area contributed by atoms with Crippen LogP contribution in [0, 0.1) is 10.1 Å². The van der Waals surface area contributed by atoms with Crippen LogP contribution in [0.15, 0.2) is 18.2 Å². The van der Waals surface area contributed by atoms with Gasteiger partial charge in [0.15, 0.2) is 6.79 Å². The molecule has 0 aliphatic rings. The second kappa shape index (κ2) is 7.37. The monoisotopic (exact) mass is 299 g/mol. The molecule has 6 nitrogen and oxygen atoms in total. The largest absolute Gasteiger partial charge is 0.467 e. The van der Waals surface area contributed by atoms with Crippen molar-refractivity contribution in [3.63, 3.8) is 0 Å². The third kappa shape index (κ3) is 5.68. The predicted molar refractivity (Wildman–Crippen MR) is 78.6 cm³/mol. The van der Waals surface area contributed by atoms with Gasteiger partial charge >= 0.3 is 0 Å². The smallest absolute Gasteiger partial charge is 0.273 e. The van der Waals surface area contributed by atoms with Crippen LogP contribution in [0.5, 0.6) is 5.75 Å². The molecule has 0 amide bonds. The normalized spacial score (nSPS) is 11.4. The van der Waals surface area contributed by atoms with Gasteiger partial charge in [0.05, 0.1) is 17.6 Å². The van der Waals surface area contributed by atoms with E-state index in [-0.39, 0.29) is 24.8 Å². The molecule has 0 unspecified atom stereocenters. The zero-order valence-electron chi connectivity index (χ0n) is 12.1. The first kappa shape index (κ1) is 16.6. The van der Waals surface area contributed by atoms with E-state index in [4.69, 9.17) is 9.47 Å². The molecule has 1 N–H and O–H groups in total. The average Bonchev–Trinajstić information content (AvgIpc) is 2.36. The van der Waals surface area contributed by atoms with Gasteiger partial charge in [-0.05, 0) is 12.1 Å². The summed E-state index contributed by atoms with van der Waals surface area (Å²) in [6.45, 7) is 7.16. The molecular weight excluding hydrogens is 278 g/mol. The highest BCUT2D eigenvalue weighted by Crippen LogP contribution is 2.24. The fraction of sp³-hybridized carbons (Fsp3) is 0.538. The first-order valence-corrected chi connectivity index (χ1v) is 10.1. The molecule has 0 heterocycles. The van der Waals surface area contributed by atoms with E-state index in [9.17, 15) is 15.2 Å². The minimum atomic E-state index is -1.14. The van der Waals surface area contributed by atoms with Gasteiger partial charge in [-0.15, -0.1) is 0 Å². The van der Waals surface area contributed by atoms with Crippen LogP contribution in [0.1, 0.15) is 5.56 Å². The number of ether oxygens (including phenoxy) is 2. The molecule has 0 saturated carbocycles. The van der Waals surface area contributed by atoms with Crippen LogP contribution >= 0.6 is 0 Å². The molecule has 0 aliphatic heterocycles. The number of aliphatic hydroxyl groups excluding tert-OH is 1. The molecule has 1 aromatic rings. The SMILES string of the molecule is C[Si](C)(C)CCOCOc1cc([N+](=O)[O-])ccc1CO. The van der Waals surface area contributed by atoms with Crippen LogP contribution in [0.25, 0.3) is 0 Å². The summed E-state index contributed by atoms with van der Waals surface area (Å²) in [5, 5.41) is 19.9. The van der Waals surface area contributed by atoms with Crippen LogP contribution in [0.3, 0.4) is 0 Å². The lowest BCUT2D eigenvalue weighted by Crippen LogP contribution is -2.22. The van der Waals surface area contributed by atoms with E-state index in [1.807, 2.05) is 0 Å². The molecule has 1 rings (SSSR count). The molecular formula is C13H21NO5Si. The Bertz CT molecular complexity index is 459. The lowest BCUT2D eigenvalue weighted by molar-refractivity contribution is -0.385. The maximum Gasteiger partial charge on any atom is 0.273 e.